The van der Waals surface area contributed by atoms with Crippen molar-refractivity contribution in [2.24, 2.45) is 5.92 Å². The molecule has 1 amide bonds. The number of ether oxygens (including phenoxy) is 2. The van der Waals surface area contributed by atoms with Crippen LogP contribution in [-0.2, 0) is 9.53 Å². The molecule has 1 unspecified atom stereocenters. The number of para-hydroxylation sites is 1. The van der Waals surface area contributed by atoms with Gasteiger partial charge in [-0.05, 0) is 37.3 Å². The second-order valence-electron chi connectivity index (χ2n) is 7.18. The van der Waals surface area contributed by atoms with Gasteiger partial charge in [-0.1, -0.05) is 18.2 Å². The summed E-state index contributed by atoms with van der Waals surface area (Å²) in [6.07, 6.45) is 3.76. The highest BCUT2D eigenvalue weighted by Gasteiger charge is 2.27. The molecule has 5 nitrogen and oxygen atoms in total. The summed E-state index contributed by atoms with van der Waals surface area (Å²) in [5.74, 6) is 1.70. The molecule has 2 saturated heterocycles. The third kappa shape index (κ3) is 5.44. The maximum absolute atomic E-state index is 12.4. The van der Waals surface area contributed by atoms with Crippen LogP contribution in [0.15, 0.2) is 30.3 Å². The van der Waals surface area contributed by atoms with Crippen molar-refractivity contribution in [2.45, 2.75) is 31.7 Å². The predicted octanol–water partition coefficient (Wildman–Crippen LogP) is 2.41. The number of carbonyl (C=O) groups excluding carboxylic acids is 1. The van der Waals surface area contributed by atoms with E-state index < -0.39 is 0 Å². The highest BCUT2D eigenvalue weighted by Crippen LogP contribution is 2.20. The average molecular weight is 346 g/mol. The number of benzene rings is 1. The lowest BCUT2D eigenvalue weighted by molar-refractivity contribution is -0.133. The van der Waals surface area contributed by atoms with E-state index in [0.29, 0.717) is 25.0 Å². The minimum absolute atomic E-state index is 0.179. The van der Waals surface area contributed by atoms with Crippen molar-refractivity contribution in [3.8, 4) is 5.75 Å². The quantitative estimate of drug-likeness (QED) is 0.760. The molecule has 2 aliphatic rings. The van der Waals surface area contributed by atoms with Crippen molar-refractivity contribution in [1.29, 1.82) is 0 Å². The molecule has 0 aliphatic carbocycles. The number of likely N-dealkylation sites (tertiary alicyclic amines) is 1. The fourth-order valence-corrected chi connectivity index (χ4v) is 3.73. The van der Waals surface area contributed by atoms with Gasteiger partial charge < -0.3 is 19.3 Å². The predicted molar refractivity (Wildman–Crippen MR) is 97.7 cm³/mol. The molecule has 0 radical (unpaired) electrons. The average Bonchev–Trinajstić information content (AvgIpc) is 3.15. The first-order valence-electron chi connectivity index (χ1n) is 9.46. The van der Waals surface area contributed by atoms with Crippen LogP contribution in [0.3, 0.4) is 0 Å². The standard InChI is InChI=1S/C20H30N2O3/c1-21(20(23)10-14-25-19-5-3-2-4-6-19)18-7-11-22(12-8-18)15-17-9-13-24-16-17/h2-6,17-18H,7-16H2,1H3. The normalized spacial score (nSPS) is 22.0. The summed E-state index contributed by atoms with van der Waals surface area (Å²) in [6.45, 7) is 5.59. The van der Waals surface area contributed by atoms with Gasteiger partial charge in [0.2, 0.25) is 5.91 Å². The smallest absolute Gasteiger partial charge is 0.225 e. The Morgan fingerprint density at radius 2 is 2.00 bits per heavy atom. The molecule has 1 aromatic rings. The first-order valence-corrected chi connectivity index (χ1v) is 9.46. The SMILES string of the molecule is CN(C(=O)CCOc1ccccc1)C1CCN(CC2CCOC2)CC1. The van der Waals surface area contributed by atoms with E-state index in [4.69, 9.17) is 9.47 Å². The molecule has 0 saturated carbocycles. The van der Waals surface area contributed by atoms with Crippen molar-refractivity contribution in [3.05, 3.63) is 30.3 Å². The Labute approximate surface area is 150 Å². The molecular weight excluding hydrogens is 316 g/mol. The topological polar surface area (TPSA) is 42.0 Å². The zero-order valence-corrected chi connectivity index (χ0v) is 15.2. The maximum atomic E-state index is 12.4. The lowest BCUT2D eigenvalue weighted by Gasteiger charge is -2.37. The van der Waals surface area contributed by atoms with Gasteiger partial charge in [0.25, 0.3) is 0 Å². The first-order chi connectivity index (χ1) is 12.2. The van der Waals surface area contributed by atoms with E-state index in [-0.39, 0.29) is 5.91 Å². The number of hydrogen-bond donors (Lipinski definition) is 0. The monoisotopic (exact) mass is 346 g/mol. The highest BCUT2D eigenvalue weighted by atomic mass is 16.5. The number of hydrogen-bond acceptors (Lipinski definition) is 4. The Morgan fingerprint density at radius 3 is 2.68 bits per heavy atom. The van der Waals surface area contributed by atoms with E-state index in [1.54, 1.807) is 0 Å². The van der Waals surface area contributed by atoms with Gasteiger partial charge >= 0.3 is 0 Å². The van der Waals surface area contributed by atoms with Gasteiger partial charge in [-0.3, -0.25) is 4.79 Å². The van der Waals surface area contributed by atoms with Crippen molar-refractivity contribution in [1.82, 2.24) is 9.80 Å². The number of nitrogens with zero attached hydrogens (tertiary/aromatic N) is 2. The summed E-state index contributed by atoms with van der Waals surface area (Å²) in [5.41, 5.74) is 0. The number of rotatable bonds is 7. The Hall–Kier alpha value is -1.59. The van der Waals surface area contributed by atoms with Gasteiger partial charge in [-0.2, -0.15) is 0 Å². The van der Waals surface area contributed by atoms with Crippen molar-refractivity contribution in [2.75, 3.05) is 46.5 Å². The first kappa shape index (κ1) is 18.2. The van der Waals surface area contributed by atoms with E-state index in [1.807, 2.05) is 42.3 Å². The van der Waals surface area contributed by atoms with Gasteiger partial charge in [-0.25, -0.2) is 0 Å². The van der Waals surface area contributed by atoms with Crippen LogP contribution >= 0.6 is 0 Å². The Morgan fingerprint density at radius 1 is 1.24 bits per heavy atom. The minimum Gasteiger partial charge on any atom is -0.493 e. The molecule has 0 aromatic heterocycles. The molecule has 25 heavy (non-hydrogen) atoms. The summed E-state index contributed by atoms with van der Waals surface area (Å²) < 4.78 is 11.1. The summed E-state index contributed by atoms with van der Waals surface area (Å²) in [5, 5.41) is 0. The van der Waals surface area contributed by atoms with Gasteiger partial charge in [0, 0.05) is 39.3 Å². The third-order valence-electron chi connectivity index (χ3n) is 5.37. The van der Waals surface area contributed by atoms with Crippen LogP contribution in [0.1, 0.15) is 25.7 Å². The molecule has 5 heteroatoms. The summed E-state index contributed by atoms with van der Waals surface area (Å²) in [6, 6.07) is 10.0. The van der Waals surface area contributed by atoms with E-state index in [1.165, 1.54) is 6.42 Å². The van der Waals surface area contributed by atoms with Gasteiger partial charge in [-0.15, -0.1) is 0 Å². The molecule has 0 N–H and O–H groups in total. The van der Waals surface area contributed by atoms with E-state index >= 15 is 0 Å². The number of piperidine rings is 1. The second-order valence-corrected chi connectivity index (χ2v) is 7.18. The van der Waals surface area contributed by atoms with Crippen molar-refractivity contribution >= 4 is 5.91 Å². The zero-order chi connectivity index (χ0) is 17.5. The van der Waals surface area contributed by atoms with E-state index in [2.05, 4.69) is 4.90 Å². The van der Waals surface area contributed by atoms with E-state index in [0.717, 1.165) is 51.4 Å². The van der Waals surface area contributed by atoms with Crippen molar-refractivity contribution < 1.29 is 14.3 Å². The van der Waals surface area contributed by atoms with Gasteiger partial charge in [0.15, 0.2) is 0 Å². The summed E-state index contributed by atoms with van der Waals surface area (Å²) in [7, 11) is 1.94. The minimum atomic E-state index is 0.179. The molecule has 0 spiro atoms. The number of amides is 1. The Kier molecular flexibility index (Phi) is 6.70. The summed E-state index contributed by atoms with van der Waals surface area (Å²) in [4.78, 5) is 16.9. The molecule has 1 aromatic carbocycles. The second kappa shape index (κ2) is 9.20. The fourth-order valence-electron chi connectivity index (χ4n) is 3.73. The van der Waals surface area contributed by atoms with Crippen LogP contribution in [0, 0.1) is 5.92 Å². The lowest BCUT2D eigenvalue weighted by atomic mass is 10.0. The van der Waals surface area contributed by atoms with Crippen LogP contribution in [0.4, 0.5) is 0 Å². The van der Waals surface area contributed by atoms with Crippen LogP contribution in [0.5, 0.6) is 5.75 Å². The Balaban J connectivity index is 1.35. The summed E-state index contributed by atoms with van der Waals surface area (Å²) >= 11 is 0. The van der Waals surface area contributed by atoms with Crippen LogP contribution in [-0.4, -0.2) is 68.3 Å². The highest BCUT2D eigenvalue weighted by molar-refractivity contribution is 5.76. The van der Waals surface area contributed by atoms with Crippen molar-refractivity contribution in [3.63, 3.8) is 0 Å². The third-order valence-corrected chi connectivity index (χ3v) is 5.37. The van der Waals surface area contributed by atoms with Crippen LogP contribution < -0.4 is 4.74 Å². The molecule has 2 aliphatic heterocycles. The molecular formula is C20H30N2O3. The molecule has 0 bridgehead atoms. The molecule has 2 fully saturated rings. The maximum Gasteiger partial charge on any atom is 0.225 e. The molecule has 1 atom stereocenters. The van der Waals surface area contributed by atoms with Gasteiger partial charge in [0.1, 0.15) is 5.75 Å². The Bertz CT molecular complexity index is 523. The lowest BCUT2D eigenvalue weighted by Crippen LogP contribution is -2.46. The van der Waals surface area contributed by atoms with E-state index in [9.17, 15) is 4.79 Å². The fraction of sp³-hybridized carbons (Fsp3) is 0.650. The number of carbonyl (C=O) groups is 1. The molecule has 3 rings (SSSR count). The zero-order valence-electron chi connectivity index (χ0n) is 15.2. The van der Waals surface area contributed by atoms with Crippen LogP contribution in [0.2, 0.25) is 0 Å². The van der Waals surface area contributed by atoms with Gasteiger partial charge in [0.05, 0.1) is 19.6 Å². The molecule has 2 heterocycles. The van der Waals surface area contributed by atoms with Crippen LogP contribution in [0.25, 0.3) is 0 Å². The molecule has 138 valence electrons. The largest absolute Gasteiger partial charge is 0.493 e.